The van der Waals surface area contributed by atoms with Crippen LogP contribution in [-0.2, 0) is 0 Å². The highest BCUT2D eigenvalue weighted by atomic mass is 14.7. The van der Waals surface area contributed by atoms with Crippen LogP contribution in [0.5, 0.6) is 0 Å². The minimum absolute atomic E-state index is 0. The third-order valence-corrected chi connectivity index (χ3v) is 7.88. The van der Waals surface area contributed by atoms with Crippen molar-refractivity contribution in [2.75, 3.05) is 0 Å². The van der Waals surface area contributed by atoms with E-state index in [2.05, 4.69) is 41.5 Å². The maximum atomic E-state index is 2.48. The largest absolute Gasteiger partial charge is 0.0776 e. The fraction of sp³-hybridized carbons (Fsp3) is 1.00. The standard InChI is InChI=1S/2C10H18.CH4/c1-8(2,3)10-5-9(4,6-10)7-10;1-9-3-6-10(2,7-4-9)8-5-9;/h5-7H2,1-4H3;3-8H2,1-2H3;1H4. The van der Waals surface area contributed by atoms with Gasteiger partial charge in [-0.05, 0) is 84.9 Å². The highest BCUT2D eigenvalue weighted by Gasteiger charge is 2.68. The van der Waals surface area contributed by atoms with Crippen LogP contribution < -0.4 is 0 Å². The molecule has 0 aliphatic heterocycles. The van der Waals surface area contributed by atoms with Gasteiger partial charge < -0.3 is 0 Å². The van der Waals surface area contributed by atoms with Crippen molar-refractivity contribution >= 4 is 0 Å². The maximum Gasteiger partial charge on any atom is -0.0233 e. The van der Waals surface area contributed by atoms with E-state index in [1.807, 2.05) is 0 Å². The molecule has 6 aliphatic rings. The van der Waals surface area contributed by atoms with E-state index in [1.165, 1.54) is 57.8 Å². The van der Waals surface area contributed by atoms with Crippen molar-refractivity contribution in [3.05, 3.63) is 0 Å². The van der Waals surface area contributed by atoms with E-state index in [4.69, 9.17) is 0 Å². The minimum atomic E-state index is 0. The Hall–Kier alpha value is 0. The van der Waals surface area contributed by atoms with E-state index >= 15 is 0 Å². The lowest BCUT2D eigenvalue weighted by molar-refractivity contribution is -0.248. The molecule has 6 fully saturated rings. The van der Waals surface area contributed by atoms with E-state index in [0.29, 0.717) is 5.41 Å². The van der Waals surface area contributed by atoms with E-state index < -0.39 is 0 Å². The summed E-state index contributed by atoms with van der Waals surface area (Å²) in [7, 11) is 0. The average molecular weight is 293 g/mol. The second-order valence-electron chi connectivity index (χ2n) is 11.0. The molecule has 4 bridgehead atoms. The van der Waals surface area contributed by atoms with Crippen molar-refractivity contribution in [2.24, 2.45) is 27.1 Å². The molecule has 6 saturated carbocycles. The Morgan fingerprint density at radius 2 is 0.857 bits per heavy atom. The summed E-state index contributed by atoms with van der Waals surface area (Å²) in [6.07, 6.45) is 13.5. The summed E-state index contributed by atoms with van der Waals surface area (Å²) in [6.45, 7) is 14.6. The monoisotopic (exact) mass is 292 g/mol. The fourth-order valence-corrected chi connectivity index (χ4v) is 5.65. The van der Waals surface area contributed by atoms with Crippen LogP contribution >= 0.6 is 0 Å². The summed E-state index contributed by atoms with van der Waals surface area (Å²) in [5.41, 5.74) is 3.65. The van der Waals surface area contributed by atoms with Crippen molar-refractivity contribution in [2.45, 2.75) is 107 Å². The first kappa shape index (κ1) is 17.4. The van der Waals surface area contributed by atoms with Gasteiger partial charge in [0.25, 0.3) is 0 Å². The molecule has 0 saturated heterocycles. The van der Waals surface area contributed by atoms with Gasteiger partial charge in [-0.15, -0.1) is 0 Å². The van der Waals surface area contributed by atoms with Crippen molar-refractivity contribution in [1.29, 1.82) is 0 Å². The molecule has 0 unspecified atom stereocenters. The Labute approximate surface area is 134 Å². The van der Waals surface area contributed by atoms with Gasteiger partial charge in [0.05, 0.1) is 0 Å². The number of hydrogen-bond donors (Lipinski definition) is 0. The van der Waals surface area contributed by atoms with Gasteiger partial charge >= 0.3 is 0 Å². The van der Waals surface area contributed by atoms with E-state index in [0.717, 1.165) is 21.7 Å². The van der Waals surface area contributed by atoms with Gasteiger partial charge in [-0.3, -0.25) is 0 Å². The molecule has 0 N–H and O–H groups in total. The zero-order valence-electron chi connectivity index (χ0n) is 14.9. The van der Waals surface area contributed by atoms with Gasteiger partial charge in [-0.1, -0.05) is 49.0 Å². The normalized spacial score (nSPS) is 50.0. The van der Waals surface area contributed by atoms with Crippen LogP contribution in [0.3, 0.4) is 0 Å². The first-order chi connectivity index (χ1) is 8.99. The first-order valence-corrected chi connectivity index (χ1v) is 8.99. The molecule has 6 rings (SSSR count). The van der Waals surface area contributed by atoms with Crippen LogP contribution in [-0.4, -0.2) is 0 Å². The van der Waals surface area contributed by atoms with Crippen molar-refractivity contribution in [1.82, 2.24) is 0 Å². The molecular weight excluding hydrogens is 252 g/mol. The molecule has 0 atom stereocenters. The topological polar surface area (TPSA) is 0 Å². The molecule has 0 spiro atoms. The molecule has 0 heteroatoms. The summed E-state index contributed by atoms with van der Waals surface area (Å²) >= 11 is 0. The summed E-state index contributed by atoms with van der Waals surface area (Å²) in [5.74, 6) is 0. The Balaban J connectivity index is 0.000000147. The highest BCUT2D eigenvalue weighted by molar-refractivity contribution is 5.18. The lowest BCUT2D eigenvalue weighted by Crippen LogP contribution is -2.65. The zero-order chi connectivity index (χ0) is 14.9. The molecule has 0 nitrogen and oxygen atoms in total. The van der Waals surface area contributed by atoms with Crippen molar-refractivity contribution in [3.63, 3.8) is 0 Å². The predicted molar refractivity (Wildman–Crippen MR) is 94.5 cm³/mol. The molecule has 0 heterocycles. The molecule has 0 aromatic rings. The zero-order valence-corrected chi connectivity index (χ0v) is 14.9. The van der Waals surface area contributed by atoms with Crippen LogP contribution in [0.1, 0.15) is 107 Å². The Kier molecular flexibility index (Phi) is 3.92. The molecule has 0 radical (unpaired) electrons. The minimum Gasteiger partial charge on any atom is -0.0776 e. The molecule has 6 aliphatic carbocycles. The molecule has 124 valence electrons. The quantitative estimate of drug-likeness (QED) is 0.442. The summed E-state index contributed by atoms with van der Waals surface area (Å²) in [5, 5.41) is 0. The van der Waals surface area contributed by atoms with Crippen LogP contribution in [0.15, 0.2) is 0 Å². The Morgan fingerprint density at radius 3 is 1.00 bits per heavy atom. The first-order valence-electron chi connectivity index (χ1n) is 8.99. The second kappa shape index (κ2) is 4.75. The van der Waals surface area contributed by atoms with E-state index in [9.17, 15) is 0 Å². The molecule has 0 aromatic heterocycles. The summed E-state index contributed by atoms with van der Waals surface area (Å²) in [6, 6.07) is 0. The predicted octanol–water partition coefficient (Wildman–Crippen LogP) is 7.23. The van der Waals surface area contributed by atoms with Crippen molar-refractivity contribution < 1.29 is 0 Å². The Morgan fingerprint density at radius 1 is 0.571 bits per heavy atom. The van der Waals surface area contributed by atoms with Gasteiger partial charge in [0.2, 0.25) is 0 Å². The van der Waals surface area contributed by atoms with Crippen molar-refractivity contribution in [3.8, 4) is 0 Å². The third kappa shape index (κ3) is 2.81. The second-order valence-corrected chi connectivity index (χ2v) is 11.0. The molecule has 0 amide bonds. The van der Waals surface area contributed by atoms with Crippen LogP contribution in [0, 0.1) is 27.1 Å². The number of rotatable bonds is 0. The smallest absolute Gasteiger partial charge is 0.0233 e. The molecule has 0 aromatic carbocycles. The van der Waals surface area contributed by atoms with Crippen LogP contribution in [0.4, 0.5) is 0 Å². The van der Waals surface area contributed by atoms with E-state index in [1.54, 1.807) is 0 Å². The van der Waals surface area contributed by atoms with Gasteiger partial charge in [-0.2, -0.15) is 0 Å². The number of hydrogen-bond acceptors (Lipinski definition) is 0. The van der Waals surface area contributed by atoms with E-state index in [-0.39, 0.29) is 7.43 Å². The fourth-order valence-electron chi connectivity index (χ4n) is 5.65. The average Bonchev–Trinajstić information content (AvgIpc) is 2.26. The summed E-state index contributed by atoms with van der Waals surface area (Å²) in [4.78, 5) is 0. The highest BCUT2D eigenvalue weighted by Crippen LogP contribution is 2.78. The lowest BCUT2D eigenvalue weighted by Gasteiger charge is -2.75. The van der Waals surface area contributed by atoms with Crippen LogP contribution in [0.25, 0.3) is 0 Å². The third-order valence-electron chi connectivity index (χ3n) is 7.88. The van der Waals surface area contributed by atoms with Gasteiger partial charge in [-0.25, -0.2) is 0 Å². The Bertz CT molecular complexity index is 332. The number of fused-ring (bicyclic) bond motifs is 3. The van der Waals surface area contributed by atoms with Gasteiger partial charge in [0, 0.05) is 0 Å². The SMILES string of the molecule is C.CC12CC(C(C)(C)C)(C1)C2.CC12CCC(C)(CC1)CC2. The molecular formula is C21H40. The lowest BCUT2D eigenvalue weighted by atomic mass is 9.30. The maximum absolute atomic E-state index is 2.48. The van der Waals surface area contributed by atoms with Gasteiger partial charge in [0.1, 0.15) is 0 Å². The van der Waals surface area contributed by atoms with Gasteiger partial charge in [0.15, 0.2) is 0 Å². The van der Waals surface area contributed by atoms with Crippen LogP contribution in [0.2, 0.25) is 0 Å². The molecule has 21 heavy (non-hydrogen) atoms. The summed E-state index contributed by atoms with van der Waals surface area (Å²) < 4.78 is 0.